The molecule has 5 heterocycles. The van der Waals surface area contributed by atoms with E-state index in [0.29, 0.717) is 41.4 Å². The van der Waals surface area contributed by atoms with E-state index < -0.39 is 12.6 Å². The molecule has 47 heavy (non-hydrogen) atoms. The monoisotopic (exact) mass is 664 g/mol. The molecule has 4 aromatic rings. The Morgan fingerprint density at radius 2 is 1.83 bits per heavy atom. The number of alkyl halides is 3. The van der Waals surface area contributed by atoms with E-state index >= 15 is 0 Å². The normalized spacial score (nSPS) is 17.2. The summed E-state index contributed by atoms with van der Waals surface area (Å²) in [6.07, 6.45) is 1.36. The van der Waals surface area contributed by atoms with Gasteiger partial charge < -0.3 is 14.8 Å². The Hall–Kier alpha value is -3.99. The predicted molar refractivity (Wildman–Crippen MR) is 178 cm³/mol. The number of allylic oxidation sites excluding steroid dienone is 1. The van der Waals surface area contributed by atoms with Gasteiger partial charge in [-0.3, -0.25) is 14.6 Å². The summed E-state index contributed by atoms with van der Waals surface area (Å²) in [5.41, 5.74) is 4.14. The molecule has 248 valence electrons. The number of amides is 1. The third kappa shape index (κ3) is 7.61. The van der Waals surface area contributed by atoms with E-state index in [9.17, 15) is 23.2 Å². The highest BCUT2D eigenvalue weighted by Gasteiger charge is 2.29. The first-order chi connectivity index (χ1) is 22.6. The molecule has 13 heteroatoms. The number of carbonyl (C=O) groups is 1. The van der Waals surface area contributed by atoms with Gasteiger partial charge in [-0.15, -0.1) is 11.3 Å². The molecule has 0 unspecified atom stereocenters. The van der Waals surface area contributed by atoms with Crippen LogP contribution < -0.4 is 5.32 Å². The lowest BCUT2D eigenvalue weighted by Gasteiger charge is -2.34. The smallest absolute Gasteiger partial charge is 0.367 e. The largest absolute Gasteiger partial charge is 0.393 e. The fourth-order valence-electron chi connectivity index (χ4n) is 6.68. The molecule has 3 aromatic heterocycles. The van der Waals surface area contributed by atoms with Crippen LogP contribution in [0.4, 0.5) is 19.0 Å². The molecule has 2 aliphatic heterocycles. The molecule has 1 amide bonds. The second-order valence-electron chi connectivity index (χ2n) is 12.4. The number of piperidine rings is 1. The zero-order valence-electron chi connectivity index (χ0n) is 26.7. The lowest BCUT2D eigenvalue weighted by molar-refractivity contribution is -0.128. The van der Waals surface area contributed by atoms with E-state index in [-0.39, 0.29) is 16.8 Å². The molecule has 0 atom stereocenters. The minimum Gasteiger partial charge on any atom is -0.367 e. The number of hydrogen-bond donors (Lipinski definition) is 1. The maximum absolute atomic E-state index is 12.9. The molecule has 0 aliphatic carbocycles. The molecule has 1 aromatic carbocycles. The number of piperazine rings is 1. The van der Waals surface area contributed by atoms with Gasteiger partial charge in [0, 0.05) is 80.7 Å². The SMILES string of the molecule is C/C=C/C(=O)N1CCN(CCn2c(C#N)cc3c(C)c(CN4CCC(Nc5ncnc6sc(CC(F)(F)F)cc56)CC4)ccc32)CC1. The number of halogens is 3. The number of aryl methyl sites for hydroxylation is 1. The number of carbonyl (C=O) groups excluding carboxylic acids is 1. The molecule has 9 nitrogen and oxygen atoms in total. The summed E-state index contributed by atoms with van der Waals surface area (Å²) in [7, 11) is 0. The lowest BCUT2D eigenvalue weighted by atomic mass is 10.0. The fourth-order valence-corrected chi connectivity index (χ4v) is 7.71. The van der Waals surface area contributed by atoms with Crippen LogP contribution in [-0.2, 0) is 24.3 Å². The topological polar surface area (TPSA) is 93.3 Å². The van der Waals surface area contributed by atoms with E-state index in [1.807, 2.05) is 17.9 Å². The molecule has 1 N–H and O–H groups in total. The van der Waals surface area contributed by atoms with Crippen LogP contribution >= 0.6 is 11.3 Å². The van der Waals surface area contributed by atoms with Gasteiger partial charge in [0.1, 0.15) is 28.7 Å². The summed E-state index contributed by atoms with van der Waals surface area (Å²) in [5, 5.41) is 15.2. The zero-order valence-corrected chi connectivity index (χ0v) is 27.5. The highest BCUT2D eigenvalue weighted by molar-refractivity contribution is 7.18. The van der Waals surface area contributed by atoms with Gasteiger partial charge in [-0.25, -0.2) is 9.97 Å². The van der Waals surface area contributed by atoms with Gasteiger partial charge in [0.25, 0.3) is 0 Å². The minimum atomic E-state index is -4.26. The number of nitrogens with one attached hydrogen (secondary N) is 1. The Bertz CT molecular complexity index is 1810. The van der Waals surface area contributed by atoms with Crippen LogP contribution in [0, 0.1) is 18.3 Å². The molecular weight excluding hydrogens is 625 g/mol. The number of nitriles is 1. The summed E-state index contributed by atoms with van der Waals surface area (Å²) in [5.74, 6) is 0.660. The molecular formula is C34H39F3N8OS. The van der Waals surface area contributed by atoms with Crippen LogP contribution in [0.25, 0.3) is 21.1 Å². The molecule has 0 bridgehead atoms. The third-order valence-electron chi connectivity index (χ3n) is 9.29. The van der Waals surface area contributed by atoms with Gasteiger partial charge >= 0.3 is 6.18 Å². The van der Waals surface area contributed by atoms with Crippen LogP contribution in [0.15, 0.2) is 42.7 Å². The maximum atomic E-state index is 12.9. The van der Waals surface area contributed by atoms with Crippen molar-refractivity contribution in [2.45, 2.75) is 58.4 Å². The summed E-state index contributed by atoms with van der Waals surface area (Å²) >= 11 is 1.06. The Balaban J connectivity index is 1.05. The van der Waals surface area contributed by atoms with E-state index in [4.69, 9.17) is 0 Å². The average Bonchev–Trinajstić information content (AvgIpc) is 3.63. The summed E-state index contributed by atoms with van der Waals surface area (Å²) in [6, 6.07) is 10.4. The second kappa shape index (κ2) is 14.0. The number of anilines is 1. The van der Waals surface area contributed by atoms with E-state index in [1.165, 1.54) is 17.5 Å². The number of thiophene rings is 1. The molecule has 2 fully saturated rings. The van der Waals surface area contributed by atoms with Crippen molar-refractivity contribution in [3.8, 4) is 6.07 Å². The predicted octanol–water partition coefficient (Wildman–Crippen LogP) is 5.73. The number of likely N-dealkylation sites (tertiary alicyclic amines) is 1. The van der Waals surface area contributed by atoms with Crippen LogP contribution in [-0.4, -0.2) is 93.2 Å². The van der Waals surface area contributed by atoms with Crippen molar-refractivity contribution >= 4 is 44.2 Å². The van der Waals surface area contributed by atoms with Crippen LogP contribution in [0.2, 0.25) is 0 Å². The summed E-state index contributed by atoms with van der Waals surface area (Å²) in [4.78, 5) is 28.2. The Morgan fingerprint density at radius 1 is 1.06 bits per heavy atom. The Kier molecular flexibility index (Phi) is 9.82. The first-order valence-electron chi connectivity index (χ1n) is 16.1. The van der Waals surface area contributed by atoms with Crippen molar-refractivity contribution in [3.63, 3.8) is 0 Å². The van der Waals surface area contributed by atoms with Crippen LogP contribution in [0.3, 0.4) is 0 Å². The van der Waals surface area contributed by atoms with Gasteiger partial charge in [-0.05, 0) is 62.1 Å². The molecule has 0 spiro atoms. The first kappa shape index (κ1) is 32.9. The van der Waals surface area contributed by atoms with Gasteiger partial charge in [0.15, 0.2) is 0 Å². The number of nitrogens with zero attached hydrogens (tertiary/aromatic N) is 7. The van der Waals surface area contributed by atoms with Gasteiger partial charge in [0.2, 0.25) is 5.91 Å². The summed E-state index contributed by atoms with van der Waals surface area (Å²) < 4.78 is 40.9. The quantitative estimate of drug-likeness (QED) is 0.229. The second-order valence-corrected chi connectivity index (χ2v) is 13.5. The zero-order chi connectivity index (χ0) is 33.1. The number of aromatic nitrogens is 3. The third-order valence-corrected chi connectivity index (χ3v) is 10.3. The van der Waals surface area contributed by atoms with Gasteiger partial charge in [-0.1, -0.05) is 12.1 Å². The number of hydrogen-bond acceptors (Lipinski definition) is 8. The van der Waals surface area contributed by atoms with E-state index in [1.54, 1.807) is 18.2 Å². The van der Waals surface area contributed by atoms with Crippen molar-refractivity contribution in [1.29, 1.82) is 5.26 Å². The van der Waals surface area contributed by atoms with Crippen molar-refractivity contribution in [1.82, 2.24) is 29.2 Å². The molecule has 6 rings (SSSR count). The van der Waals surface area contributed by atoms with Crippen LogP contribution in [0.1, 0.15) is 41.5 Å². The summed E-state index contributed by atoms with van der Waals surface area (Å²) in [6.45, 7) is 11.1. The Labute approximate surface area is 276 Å². The fraction of sp³-hybridized carbons (Fsp3) is 0.471. The first-order valence-corrected chi connectivity index (χ1v) is 16.9. The van der Waals surface area contributed by atoms with Crippen molar-refractivity contribution < 1.29 is 18.0 Å². The van der Waals surface area contributed by atoms with Gasteiger partial charge in [-0.2, -0.15) is 18.4 Å². The number of fused-ring (bicyclic) bond motifs is 2. The van der Waals surface area contributed by atoms with Gasteiger partial charge in [0.05, 0.1) is 11.8 Å². The lowest BCUT2D eigenvalue weighted by Crippen LogP contribution is -2.48. The Morgan fingerprint density at radius 3 is 2.53 bits per heavy atom. The van der Waals surface area contributed by atoms with Crippen LogP contribution in [0.5, 0.6) is 0 Å². The molecule has 0 saturated carbocycles. The highest BCUT2D eigenvalue weighted by atomic mass is 32.1. The molecule has 2 aliphatic rings. The number of rotatable bonds is 9. The highest BCUT2D eigenvalue weighted by Crippen LogP contribution is 2.33. The maximum Gasteiger partial charge on any atom is 0.393 e. The molecule has 0 radical (unpaired) electrons. The minimum absolute atomic E-state index is 0.0636. The number of benzene rings is 1. The van der Waals surface area contributed by atoms with Crippen molar-refractivity contribution in [3.05, 3.63) is 64.4 Å². The molecule has 2 saturated heterocycles. The average molecular weight is 665 g/mol. The van der Waals surface area contributed by atoms with E-state index in [2.05, 4.69) is 54.8 Å². The van der Waals surface area contributed by atoms with Crippen molar-refractivity contribution in [2.24, 2.45) is 0 Å². The van der Waals surface area contributed by atoms with Crippen molar-refractivity contribution in [2.75, 3.05) is 51.1 Å². The van der Waals surface area contributed by atoms with E-state index in [0.717, 1.165) is 74.3 Å². The standard InChI is InChI=1S/C34H39F3N8OS/c1-3-4-31(46)44-14-11-42(12-15-44)13-16-45-26(20-38)17-28-23(2)24(5-6-30(28)45)21-43-9-7-25(8-10-43)41-32-29-18-27(19-34(35,36)37)47-33(29)40-22-39-32/h3-6,17-18,22,25H,7-16,19,21H2,1-2H3,(H,39,40,41)/b4-3+.